The minimum atomic E-state index is -0.249. The Morgan fingerprint density at radius 3 is 2.78 bits per heavy atom. The summed E-state index contributed by atoms with van der Waals surface area (Å²) in [5, 5.41) is 0.903. The van der Waals surface area contributed by atoms with Gasteiger partial charge in [-0.05, 0) is 43.0 Å². The van der Waals surface area contributed by atoms with E-state index in [4.69, 9.17) is 0 Å². The second-order valence-electron chi connectivity index (χ2n) is 4.90. The lowest BCUT2D eigenvalue weighted by molar-refractivity contribution is 0.476. The minimum Gasteiger partial charge on any atom is -0.371 e. The molecule has 0 spiro atoms. The van der Waals surface area contributed by atoms with Crippen LogP contribution in [0.3, 0.4) is 0 Å². The van der Waals surface area contributed by atoms with Gasteiger partial charge < -0.3 is 4.90 Å². The number of nitrogens with zero attached hydrogens (tertiary/aromatic N) is 2. The van der Waals surface area contributed by atoms with Crippen molar-refractivity contribution in [2.24, 2.45) is 5.92 Å². The molecule has 1 aromatic heterocycles. The molecule has 1 saturated heterocycles. The molecule has 0 saturated carbocycles. The van der Waals surface area contributed by atoms with Crippen molar-refractivity contribution in [2.75, 3.05) is 18.0 Å². The molecule has 2 heterocycles. The standard InChI is InChI=1S/C15H16FN2/c1-11-6-9-18(10-7-11)14-5-4-13(16)15-12(14)3-2-8-17-15/h2-5,8,11H,1,6-7,9-10H2. The molecule has 3 heteroatoms. The van der Waals surface area contributed by atoms with Gasteiger partial charge in [-0.2, -0.15) is 0 Å². The van der Waals surface area contributed by atoms with E-state index in [-0.39, 0.29) is 5.82 Å². The number of anilines is 1. The summed E-state index contributed by atoms with van der Waals surface area (Å²) in [6, 6.07) is 7.18. The van der Waals surface area contributed by atoms with E-state index >= 15 is 0 Å². The molecule has 1 radical (unpaired) electrons. The fourth-order valence-electron chi connectivity index (χ4n) is 2.57. The molecular formula is C15H16FN2. The van der Waals surface area contributed by atoms with Gasteiger partial charge in [0.05, 0.1) is 0 Å². The van der Waals surface area contributed by atoms with Crippen molar-refractivity contribution in [1.29, 1.82) is 0 Å². The van der Waals surface area contributed by atoms with Crippen LogP contribution >= 0.6 is 0 Å². The van der Waals surface area contributed by atoms with Gasteiger partial charge in [-0.25, -0.2) is 4.39 Å². The Morgan fingerprint density at radius 1 is 1.22 bits per heavy atom. The van der Waals surface area contributed by atoms with E-state index in [1.807, 2.05) is 18.2 Å². The van der Waals surface area contributed by atoms with E-state index in [1.54, 1.807) is 6.20 Å². The van der Waals surface area contributed by atoms with E-state index in [0.717, 1.165) is 37.0 Å². The highest BCUT2D eigenvalue weighted by Crippen LogP contribution is 2.30. The number of pyridine rings is 1. The summed E-state index contributed by atoms with van der Waals surface area (Å²) >= 11 is 0. The summed E-state index contributed by atoms with van der Waals surface area (Å²) in [4.78, 5) is 6.45. The SMILES string of the molecule is [CH2]C1CCN(c2ccc(F)c3ncccc23)CC1. The Bertz CT molecular complexity index is 559. The number of piperidine rings is 1. The zero-order valence-electron chi connectivity index (χ0n) is 10.3. The van der Waals surface area contributed by atoms with Gasteiger partial charge in [0.15, 0.2) is 0 Å². The lowest BCUT2D eigenvalue weighted by Gasteiger charge is -2.32. The van der Waals surface area contributed by atoms with Crippen LogP contribution in [-0.4, -0.2) is 18.1 Å². The number of hydrogen-bond acceptors (Lipinski definition) is 2. The maximum Gasteiger partial charge on any atom is 0.149 e. The first-order chi connectivity index (χ1) is 8.75. The highest BCUT2D eigenvalue weighted by atomic mass is 19.1. The predicted molar refractivity (Wildman–Crippen MR) is 72.0 cm³/mol. The van der Waals surface area contributed by atoms with Gasteiger partial charge in [0, 0.05) is 30.4 Å². The maximum atomic E-state index is 13.7. The zero-order chi connectivity index (χ0) is 12.5. The summed E-state index contributed by atoms with van der Waals surface area (Å²) in [6.07, 6.45) is 3.83. The van der Waals surface area contributed by atoms with E-state index in [9.17, 15) is 4.39 Å². The third kappa shape index (κ3) is 1.94. The third-order valence-corrected chi connectivity index (χ3v) is 3.65. The Labute approximate surface area is 106 Å². The van der Waals surface area contributed by atoms with Gasteiger partial charge >= 0.3 is 0 Å². The Hall–Kier alpha value is -1.64. The van der Waals surface area contributed by atoms with E-state index < -0.39 is 0 Å². The number of aromatic nitrogens is 1. The second kappa shape index (κ2) is 4.56. The molecule has 0 aliphatic carbocycles. The van der Waals surface area contributed by atoms with Gasteiger partial charge in [0.25, 0.3) is 0 Å². The van der Waals surface area contributed by atoms with Crippen LogP contribution in [0.4, 0.5) is 10.1 Å². The summed E-state index contributed by atoms with van der Waals surface area (Å²) in [5.41, 5.74) is 1.55. The van der Waals surface area contributed by atoms with Crippen LogP contribution in [0.5, 0.6) is 0 Å². The average molecular weight is 243 g/mol. The van der Waals surface area contributed by atoms with Crippen molar-refractivity contribution >= 4 is 16.6 Å². The van der Waals surface area contributed by atoms with E-state index in [2.05, 4.69) is 16.8 Å². The quantitative estimate of drug-likeness (QED) is 0.763. The highest BCUT2D eigenvalue weighted by molar-refractivity contribution is 5.92. The summed E-state index contributed by atoms with van der Waals surface area (Å²) in [7, 11) is 0. The monoisotopic (exact) mass is 243 g/mol. The summed E-state index contributed by atoms with van der Waals surface area (Å²) < 4.78 is 13.7. The number of benzene rings is 1. The van der Waals surface area contributed by atoms with Crippen LogP contribution in [0.15, 0.2) is 30.5 Å². The van der Waals surface area contributed by atoms with Crippen LogP contribution in [0.25, 0.3) is 10.9 Å². The molecule has 1 aliphatic heterocycles. The van der Waals surface area contributed by atoms with Crippen LogP contribution in [-0.2, 0) is 0 Å². The largest absolute Gasteiger partial charge is 0.371 e. The highest BCUT2D eigenvalue weighted by Gasteiger charge is 2.18. The van der Waals surface area contributed by atoms with Crippen molar-refractivity contribution in [1.82, 2.24) is 4.98 Å². The zero-order valence-corrected chi connectivity index (χ0v) is 10.3. The van der Waals surface area contributed by atoms with Crippen LogP contribution in [0.2, 0.25) is 0 Å². The fourth-order valence-corrected chi connectivity index (χ4v) is 2.57. The Morgan fingerprint density at radius 2 is 2.00 bits per heavy atom. The smallest absolute Gasteiger partial charge is 0.149 e. The summed E-state index contributed by atoms with van der Waals surface area (Å²) in [5.74, 6) is 0.299. The molecule has 18 heavy (non-hydrogen) atoms. The van der Waals surface area contributed by atoms with Crippen molar-refractivity contribution < 1.29 is 4.39 Å². The number of hydrogen-bond donors (Lipinski definition) is 0. The summed E-state index contributed by atoms with van der Waals surface area (Å²) in [6.45, 7) is 6.08. The molecule has 1 fully saturated rings. The lowest BCUT2D eigenvalue weighted by atomic mass is 9.98. The Kier molecular flexibility index (Phi) is 2.90. The number of halogens is 1. The van der Waals surface area contributed by atoms with Gasteiger partial charge in [-0.15, -0.1) is 0 Å². The molecule has 2 aromatic rings. The lowest BCUT2D eigenvalue weighted by Crippen LogP contribution is -2.33. The van der Waals surface area contributed by atoms with Crippen LogP contribution in [0.1, 0.15) is 12.8 Å². The van der Waals surface area contributed by atoms with Crippen molar-refractivity contribution in [2.45, 2.75) is 12.8 Å². The van der Waals surface area contributed by atoms with Crippen molar-refractivity contribution in [3.63, 3.8) is 0 Å². The molecule has 0 unspecified atom stereocenters. The molecule has 0 N–H and O–H groups in total. The predicted octanol–water partition coefficient (Wildman–Crippen LogP) is 3.42. The Balaban J connectivity index is 2.04. The molecule has 0 atom stereocenters. The van der Waals surface area contributed by atoms with Gasteiger partial charge in [0.1, 0.15) is 11.3 Å². The molecule has 1 aromatic carbocycles. The number of rotatable bonds is 1. The molecule has 2 nitrogen and oxygen atoms in total. The van der Waals surface area contributed by atoms with Crippen LogP contribution < -0.4 is 4.90 Å². The van der Waals surface area contributed by atoms with E-state index in [1.165, 1.54) is 6.07 Å². The molecule has 0 amide bonds. The molecule has 93 valence electrons. The maximum absolute atomic E-state index is 13.7. The number of fused-ring (bicyclic) bond motifs is 1. The third-order valence-electron chi connectivity index (χ3n) is 3.65. The minimum absolute atomic E-state index is 0.249. The molecular weight excluding hydrogens is 227 g/mol. The van der Waals surface area contributed by atoms with Gasteiger partial charge in [-0.3, -0.25) is 4.98 Å². The van der Waals surface area contributed by atoms with Crippen LogP contribution in [0, 0.1) is 18.7 Å². The van der Waals surface area contributed by atoms with Crippen molar-refractivity contribution in [3.05, 3.63) is 43.2 Å². The van der Waals surface area contributed by atoms with Crippen molar-refractivity contribution in [3.8, 4) is 0 Å². The first-order valence-electron chi connectivity index (χ1n) is 6.37. The van der Waals surface area contributed by atoms with Gasteiger partial charge in [-0.1, -0.05) is 6.92 Å². The topological polar surface area (TPSA) is 16.1 Å². The first kappa shape index (κ1) is 11.5. The first-order valence-corrected chi connectivity index (χ1v) is 6.37. The molecule has 1 aliphatic rings. The second-order valence-corrected chi connectivity index (χ2v) is 4.90. The molecule has 3 rings (SSSR count). The average Bonchev–Trinajstić information content (AvgIpc) is 2.41. The van der Waals surface area contributed by atoms with Gasteiger partial charge in [0.2, 0.25) is 0 Å². The van der Waals surface area contributed by atoms with E-state index in [0.29, 0.717) is 11.4 Å². The molecule has 0 bridgehead atoms. The normalized spacial score (nSPS) is 17.3. The fraction of sp³-hybridized carbons (Fsp3) is 0.333.